The number of nitrogens with zero attached hydrogens (tertiary/aromatic N) is 3. The van der Waals surface area contributed by atoms with E-state index in [2.05, 4.69) is 0 Å². The van der Waals surface area contributed by atoms with Gasteiger partial charge in [-0.1, -0.05) is 0 Å². The molecule has 15 heteroatoms. The van der Waals surface area contributed by atoms with Crippen LogP contribution in [-0.4, -0.2) is 109 Å². The highest BCUT2D eigenvalue weighted by molar-refractivity contribution is 7.90. The first-order valence-electron chi connectivity index (χ1n) is 21.5. The van der Waals surface area contributed by atoms with E-state index in [1.807, 2.05) is 6.07 Å². The molecule has 3 atom stereocenters. The maximum absolute atomic E-state index is 13.1. The Labute approximate surface area is 346 Å². The van der Waals surface area contributed by atoms with Gasteiger partial charge in [-0.25, -0.2) is 29.6 Å². The average Bonchev–Trinajstić information content (AvgIpc) is 3.95. The maximum Gasteiger partial charge on any atom is 0.335 e. The van der Waals surface area contributed by atoms with Crippen LogP contribution in [0.1, 0.15) is 102 Å². The normalized spacial score (nSPS) is 23.2. The molecule has 5 heterocycles. The number of ether oxygens (including phenoxy) is 2. The molecule has 320 valence electrons. The van der Waals surface area contributed by atoms with Crippen molar-refractivity contribution in [3.8, 4) is 0 Å². The zero-order valence-electron chi connectivity index (χ0n) is 34.1. The number of aromatic carboxylic acids is 1. The number of carboxylic acid groups (broad SMARTS) is 1. The van der Waals surface area contributed by atoms with Crippen molar-refractivity contribution in [2.75, 3.05) is 51.0 Å². The molecule has 0 bridgehead atoms. The van der Waals surface area contributed by atoms with E-state index in [1.165, 1.54) is 10.0 Å². The summed E-state index contributed by atoms with van der Waals surface area (Å²) < 4.78 is 65.7. The summed E-state index contributed by atoms with van der Waals surface area (Å²) >= 11 is 0. The number of hydrogen-bond donors (Lipinski definition) is 2. The van der Waals surface area contributed by atoms with E-state index in [4.69, 9.17) is 9.47 Å². The van der Waals surface area contributed by atoms with Crippen LogP contribution in [-0.2, 0) is 55.2 Å². The summed E-state index contributed by atoms with van der Waals surface area (Å²) in [7, 11) is -6.90. The number of carbonyl (C=O) groups is 2. The highest BCUT2D eigenvalue weighted by atomic mass is 32.2. The van der Waals surface area contributed by atoms with Crippen molar-refractivity contribution < 1.29 is 46.1 Å². The summed E-state index contributed by atoms with van der Waals surface area (Å²) in [4.78, 5) is 26.2. The first kappa shape index (κ1) is 42.0. The van der Waals surface area contributed by atoms with Crippen LogP contribution in [0.25, 0.3) is 21.8 Å². The molecule has 3 saturated heterocycles. The SMILES string of the molecule is CCS(=O)(=O)n1c2c(c3cc(C(=O)N4CC[C@@H](O)C4)ccc31)CC(C1CCOCC1)CC2.CCS(=O)(=O)n1c2c(c3cc(C(=O)O)ccc31)CC(C1CCOCC1)CC2. The fourth-order valence-electron chi connectivity index (χ4n) is 10.5. The van der Waals surface area contributed by atoms with Crippen molar-refractivity contribution in [3.05, 3.63) is 70.0 Å². The number of benzene rings is 2. The van der Waals surface area contributed by atoms with Gasteiger partial charge in [0.1, 0.15) is 0 Å². The molecule has 3 fully saturated rings. The van der Waals surface area contributed by atoms with Crippen molar-refractivity contribution >= 4 is 53.7 Å². The molecule has 0 radical (unpaired) electrons. The third-order valence-corrected chi connectivity index (χ3v) is 17.2. The lowest BCUT2D eigenvalue weighted by atomic mass is 9.75. The largest absolute Gasteiger partial charge is 0.478 e. The molecule has 2 aromatic heterocycles. The molecule has 1 amide bonds. The van der Waals surface area contributed by atoms with Crippen LogP contribution in [0.15, 0.2) is 36.4 Å². The number of amides is 1. The summed E-state index contributed by atoms with van der Waals surface area (Å²) in [6.07, 6.45) is 9.44. The topological polar surface area (TPSA) is 174 Å². The van der Waals surface area contributed by atoms with E-state index in [0.717, 1.165) is 118 Å². The molecule has 2 N–H and O–H groups in total. The van der Waals surface area contributed by atoms with Crippen LogP contribution in [0, 0.1) is 23.7 Å². The van der Waals surface area contributed by atoms with Gasteiger partial charge in [0.2, 0.25) is 20.0 Å². The van der Waals surface area contributed by atoms with Crippen molar-refractivity contribution in [2.24, 2.45) is 23.7 Å². The molecule has 2 unspecified atom stereocenters. The highest BCUT2D eigenvalue weighted by Crippen LogP contribution is 2.42. The first-order chi connectivity index (χ1) is 28.3. The zero-order valence-corrected chi connectivity index (χ0v) is 35.7. The average molecular weight is 852 g/mol. The second-order valence-corrected chi connectivity index (χ2v) is 21.3. The Kier molecular flexibility index (Phi) is 12.1. The molecule has 2 aromatic carbocycles. The summed E-state index contributed by atoms with van der Waals surface area (Å²) in [5.74, 6) is 1.19. The molecule has 0 spiro atoms. The predicted octanol–water partition coefficient (Wildman–Crippen LogP) is 5.65. The van der Waals surface area contributed by atoms with Crippen LogP contribution in [0.2, 0.25) is 0 Å². The molecule has 4 aromatic rings. The van der Waals surface area contributed by atoms with E-state index in [9.17, 15) is 36.6 Å². The molecule has 59 heavy (non-hydrogen) atoms. The van der Waals surface area contributed by atoms with E-state index in [0.29, 0.717) is 66.2 Å². The van der Waals surface area contributed by atoms with Crippen LogP contribution >= 0.6 is 0 Å². The maximum atomic E-state index is 13.1. The number of fused-ring (bicyclic) bond motifs is 6. The molecule has 5 aliphatic rings. The number of rotatable bonds is 8. The molecule has 0 saturated carbocycles. The standard InChI is InChI=1S/C24H32N2O5S.C20H25NO5S/c1-2-32(29,30)26-22-5-3-17(16-8-11-31-12-9-16)13-20(22)21-14-18(4-6-23(21)26)24(28)25-10-7-19(27)15-25;1-2-27(24,25)21-18-5-3-14(13-7-9-26-10-8-13)11-16(18)17-12-15(20(22)23)4-6-19(17)21/h4,6,14,16-17,19,27H,2-3,5,7-13,15H2,1H3;4,6,12-14H,2-3,5,7-11H2,1H3,(H,22,23)/t17?,19-;/m1./s1. The minimum Gasteiger partial charge on any atom is -0.478 e. The van der Waals surface area contributed by atoms with Crippen molar-refractivity contribution in [1.82, 2.24) is 12.8 Å². The van der Waals surface area contributed by atoms with E-state index in [1.54, 1.807) is 47.0 Å². The minimum absolute atomic E-state index is 0.0211. The van der Waals surface area contributed by atoms with E-state index < -0.39 is 32.1 Å². The van der Waals surface area contributed by atoms with Gasteiger partial charge >= 0.3 is 5.97 Å². The summed E-state index contributed by atoms with van der Waals surface area (Å²) in [6, 6.07) is 10.2. The number of β-amino-alcohol motifs (C(OH)–C–C–N with tert-alkyl or cyclic N) is 1. The predicted molar refractivity (Wildman–Crippen MR) is 225 cm³/mol. The third kappa shape index (κ3) is 8.09. The van der Waals surface area contributed by atoms with Crippen LogP contribution in [0.5, 0.6) is 0 Å². The Bertz CT molecular complexity index is 2460. The number of hydrogen-bond acceptors (Lipinski definition) is 9. The third-order valence-electron chi connectivity index (χ3n) is 13.8. The van der Waals surface area contributed by atoms with Gasteiger partial charge in [-0.2, -0.15) is 0 Å². The van der Waals surface area contributed by atoms with Gasteiger partial charge in [-0.15, -0.1) is 0 Å². The Morgan fingerprint density at radius 3 is 1.54 bits per heavy atom. The first-order valence-corrected chi connectivity index (χ1v) is 24.7. The fraction of sp³-hybridized carbons (Fsp3) is 0.591. The summed E-state index contributed by atoms with van der Waals surface area (Å²) in [5.41, 5.74) is 5.91. The van der Waals surface area contributed by atoms with Gasteiger partial charge in [0.25, 0.3) is 5.91 Å². The number of carbonyl (C=O) groups excluding carboxylic acids is 1. The van der Waals surface area contributed by atoms with Crippen LogP contribution in [0.3, 0.4) is 0 Å². The van der Waals surface area contributed by atoms with Crippen LogP contribution in [0.4, 0.5) is 0 Å². The number of aliphatic hydroxyl groups is 1. The fourth-order valence-corrected chi connectivity index (χ4v) is 13.0. The Hall–Kier alpha value is -3.76. The number of carboxylic acids is 1. The number of likely N-dealkylation sites (tertiary alicyclic amines) is 1. The molecular formula is C44H57N3O10S2. The second kappa shape index (κ2) is 16.9. The van der Waals surface area contributed by atoms with Gasteiger partial charge in [-0.3, -0.25) is 4.79 Å². The van der Waals surface area contributed by atoms with Gasteiger partial charge < -0.3 is 24.6 Å². The van der Waals surface area contributed by atoms with Crippen LogP contribution < -0.4 is 0 Å². The highest BCUT2D eigenvalue weighted by Gasteiger charge is 2.36. The summed E-state index contributed by atoms with van der Waals surface area (Å²) in [6.45, 7) is 7.43. The second-order valence-electron chi connectivity index (χ2n) is 17.0. The molecule has 3 aliphatic heterocycles. The lowest BCUT2D eigenvalue weighted by Gasteiger charge is -2.33. The smallest absolute Gasteiger partial charge is 0.335 e. The van der Waals surface area contributed by atoms with Crippen molar-refractivity contribution in [1.29, 1.82) is 0 Å². The van der Waals surface area contributed by atoms with Crippen molar-refractivity contribution in [3.63, 3.8) is 0 Å². The number of aromatic nitrogens is 2. The lowest BCUT2D eigenvalue weighted by molar-refractivity contribution is 0.0438. The zero-order chi connectivity index (χ0) is 41.6. The Balaban J connectivity index is 0.000000167. The van der Waals surface area contributed by atoms with E-state index >= 15 is 0 Å². The summed E-state index contributed by atoms with van der Waals surface area (Å²) in [5, 5.41) is 20.9. The quantitative estimate of drug-likeness (QED) is 0.226. The van der Waals surface area contributed by atoms with Gasteiger partial charge in [0, 0.05) is 67.2 Å². The molecule has 9 rings (SSSR count). The molecular weight excluding hydrogens is 795 g/mol. The van der Waals surface area contributed by atoms with Gasteiger partial charge in [0.05, 0.1) is 34.2 Å². The Morgan fingerprint density at radius 1 is 0.661 bits per heavy atom. The van der Waals surface area contributed by atoms with E-state index in [-0.39, 0.29) is 23.0 Å². The molecule has 13 nitrogen and oxygen atoms in total. The van der Waals surface area contributed by atoms with Crippen molar-refractivity contribution in [2.45, 2.75) is 90.6 Å². The lowest BCUT2D eigenvalue weighted by Crippen LogP contribution is -2.29. The Morgan fingerprint density at radius 2 is 1.12 bits per heavy atom. The number of aliphatic hydroxyl groups excluding tert-OH is 1. The molecule has 2 aliphatic carbocycles. The monoisotopic (exact) mass is 851 g/mol. The van der Waals surface area contributed by atoms with Gasteiger partial charge in [-0.05, 0) is 156 Å². The minimum atomic E-state index is -3.45. The van der Waals surface area contributed by atoms with Gasteiger partial charge in [0.15, 0.2) is 0 Å².